The molecule has 1 rings (SSSR count). The van der Waals surface area contributed by atoms with Gasteiger partial charge in [-0.2, -0.15) is 0 Å². The molecule has 1 atom stereocenters. The number of hydrogen-bond donors (Lipinski definition) is 1. The average Bonchev–Trinajstić information content (AvgIpc) is 2.30. The van der Waals surface area contributed by atoms with Crippen molar-refractivity contribution in [2.75, 3.05) is 39.9 Å². The predicted molar refractivity (Wildman–Crippen MR) is 59.6 cm³/mol. The maximum absolute atomic E-state index is 5.27. The highest BCUT2D eigenvalue weighted by molar-refractivity contribution is 4.84. The fourth-order valence-corrected chi connectivity index (χ4v) is 2.09. The van der Waals surface area contributed by atoms with Crippen LogP contribution in [0.1, 0.15) is 20.8 Å². The van der Waals surface area contributed by atoms with Crippen LogP contribution in [-0.4, -0.2) is 50.3 Å². The zero-order valence-corrected chi connectivity index (χ0v) is 9.97. The lowest BCUT2D eigenvalue weighted by Gasteiger charge is -2.38. The van der Waals surface area contributed by atoms with E-state index in [0.717, 1.165) is 32.2 Å². The normalized spacial score (nSPS) is 26.1. The van der Waals surface area contributed by atoms with Crippen molar-refractivity contribution >= 4 is 0 Å². The minimum atomic E-state index is 0.162. The third-order valence-corrected chi connectivity index (χ3v) is 2.94. The molecule has 1 N–H and O–H groups in total. The molecule has 0 bridgehead atoms. The van der Waals surface area contributed by atoms with E-state index in [0.29, 0.717) is 0 Å². The van der Waals surface area contributed by atoms with Gasteiger partial charge in [0.1, 0.15) is 0 Å². The van der Waals surface area contributed by atoms with E-state index in [2.05, 4.69) is 31.0 Å². The van der Waals surface area contributed by atoms with Crippen LogP contribution < -0.4 is 5.32 Å². The summed E-state index contributed by atoms with van der Waals surface area (Å²) in [5.41, 5.74) is 0.162. The lowest BCUT2D eigenvalue weighted by molar-refractivity contribution is 0.0318. The summed E-state index contributed by atoms with van der Waals surface area (Å²) in [7, 11) is 1.78. The molecule has 1 unspecified atom stereocenters. The van der Waals surface area contributed by atoms with Gasteiger partial charge in [0.15, 0.2) is 0 Å². The highest BCUT2D eigenvalue weighted by Crippen LogP contribution is 2.17. The van der Waals surface area contributed by atoms with Gasteiger partial charge in [0.2, 0.25) is 0 Å². The van der Waals surface area contributed by atoms with Crippen molar-refractivity contribution in [3.8, 4) is 0 Å². The topological polar surface area (TPSA) is 24.5 Å². The summed E-state index contributed by atoms with van der Waals surface area (Å²) >= 11 is 0. The summed E-state index contributed by atoms with van der Waals surface area (Å²) in [6, 6.07) is 0. The molecule has 0 aromatic rings. The first-order valence-corrected chi connectivity index (χ1v) is 5.51. The predicted octanol–water partition coefficient (Wildman–Crippen LogP) is 0.953. The van der Waals surface area contributed by atoms with E-state index < -0.39 is 0 Å². The van der Waals surface area contributed by atoms with Crippen LogP contribution in [0.2, 0.25) is 0 Å². The molecule has 3 heteroatoms. The molecular weight excluding hydrogens is 176 g/mol. The zero-order valence-electron chi connectivity index (χ0n) is 9.97. The first-order valence-electron chi connectivity index (χ1n) is 5.51. The van der Waals surface area contributed by atoms with Gasteiger partial charge in [0, 0.05) is 32.3 Å². The Balaban J connectivity index is 2.55. The van der Waals surface area contributed by atoms with Crippen molar-refractivity contribution < 1.29 is 4.74 Å². The summed E-state index contributed by atoms with van der Waals surface area (Å²) in [5.74, 6) is 0.730. The number of nitrogens with one attached hydrogen (secondary N) is 1. The van der Waals surface area contributed by atoms with Crippen molar-refractivity contribution in [1.82, 2.24) is 10.2 Å². The van der Waals surface area contributed by atoms with E-state index in [-0.39, 0.29) is 5.54 Å². The number of nitrogens with zero attached hydrogens (tertiary/aromatic N) is 1. The second-order valence-corrected chi connectivity index (χ2v) is 5.00. The molecule has 84 valence electrons. The van der Waals surface area contributed by atoms with Crippen molar-refractivity contribution in [3.63, 3.8) is 0 Å². The van der Waals surface area contributed by atoms with Crippen molar-refractivity contribution in [1.29, 1.82) is 0 Å². The first-order chi connectivity index (χ1) is 6.56. The van der Waals surface area contributed by atoms with E-state index >= 15 is 0 Å². The average molecular weight is 200 g/mol. The molecule has 3 nitrogen and oxygen atoms in total. The molecule has 1 saturated heterocycles. The molecule has 1 aliphatic rings. The lowest BCUT2D eigenvalue weighted by atomic mass is 10.0. The molecule has 0 saturated carbocycles. The van der Waals surface area contributed by atoms with Crippen molar-refractivity contribution in [2.45, 2.75) is 26.3 Å². The van der Waals surface area contributed by atoms with Gasteiger partial charge in [-0.05, 0) is 26.3 Å². The maximum atomic E-state index is 5.27. The maximum Gasteiger partial charge on any atom is 0.0641 e. The SMILES string of the molecule is COCC(C)(C)N1CCNCC(C)C1. The Morgan fingerprint density at radius 2 is 2.21 bits per heavy atom. The molecule has 0 amide bonds. The number of rotatable bonds is 3. The van der Waals surface area contributed by atoms with Gasteiger partial charge in [-0.15, -0.1) is 0 Å². The van der Waals surface area contributed by atoms with Crippen LogP contribution in [0.5, 0.6) is 0 Å². The number of ether oxygens (including phenoxy) is 1. The highest BCUT2D eigenvalue weighted by atomic mass is 16.5. The Labute approximate surface area is 87.8 Å². The molecule has 14 heavy (non-hydrogen) atoms. The Morgan fingerprint density at radius 1 is 1.50 bits per heavy atom. The van der Waals surface area contributed by atoms with Crippen LogP contribution in [0.25, 0.3) is 0 Å². The van der Waals surface area contributed by atoms with E-state index in [9.17, 15) is 0 Å². The Kier molecular flexibility index (Phi) is 4.35. The largest absolute Gasteiger partial charge is 0.383 e. The van der Waals surface area contributed by atoms with Gasteiger partial charge in [-0.25, -0.2) is 0 Å². The molecular formula is C11H24N2O. The molecule has 1 aliphatic heterocycles. The fraction of sp³-hybridized carbons (Fsp3) is 1.00. The highest BCUT2D eigenvalue weighted by Gasteiger charge is 2.28. The summed E-state index contributed by atoms with van der Waals surface area (Å²) < 4.78 is 5.27. The van der Waals surface area contributed by atoms with Crippen molar-refractivity contribution in [2.24, 2.45) is 5.92 Å². The summed E-state index contributed by atoms with van der Waals surface area (Å²) in [6.07, 6.45) is 0. The first kappa shape index (κ1) is 12.0. The monoisotopic (exact) mass is 200 g/mol. The quantitative estimate of drug-likeness (QED) is 0.734. The Morgan fingerprint density at radius 3 is 2.86 bits per heavy atom. The summed E-state index contributed by atoms with van der Waals surface area (Å²) in [5, 5.41) is 3.46. The third-order valence-electron chi connectivity index (χ3n) is 2.94. The van der Waals surface area contributed by atoms with Crippen molar-refractivity contribution in [3.05, 3.63) is 0 Å². The molecule has 0 radical (unpaired) electrons. The molecule has 0 aliphatic carbocycles. The van der Waals surface area contributed by atoms with Crippen LogP contribution in [0.3, 0.4) is 0 Å². The fourth-order valence-electron chi connectivity index (χ4n) is 2.09. The van der Waals surface area contributed by atoms with Gasteiger partial charge in [0.25, 0.3) is 0 Å². The van der Waals surface area contributed by atoms with Crippen LogP contribution in [0.4, 0.5) is 0 Å². The Bertz CT molecular complexity index is 171. The van der Waals surface area contributed by atoms with Crippen LogP contribution >= 0.6 is 0 Å². The Hall–Kier alpha value is -0.120. The number of hydrogen-bond acceptors (Lipinski definition) is 3. The molecule has 0 spiro atoms. The van der Waals surface area contributed by atoms with Crippen LogP contribution in [0.15, 0.2) is 0 Å². The third kappa shape index (κ3) is 3.23. The van der Waals surface area contributed by atoms with Gasteiger partial charge in [0.05, 0.1) is 6.61 Å². The van der Waals surface area contributed by atoms with E-state index in [1.54, 1.807) is 7.11 Å². The minimum Gasteiger partial charge on any atom is -0.383 e. The summed E-state index contributed by atoms with van der Waals surface area (Å²) in [4.78, 5) is 2.53. The summed E-state index contributed by atoms with van der Waals surface area (Å²) in [6.45, 7) is 12.2. The van der Waals surface area contributed by atoms with Gasteiger partial charge >= 0.3 is 0 Å². The van der Waals surface area contributed by atoms with Crippen LogP contribution in [-0.2, 0) is 4.74 Å². The number of methoxy groups -OCH3 is 1. The van der Waals surface area contributed by atoms with Gasteiger partial charge in [-0.1, -0.05) is 6.92 Å². The van der Waals surface area contributed by atoms with E-state index in [1.807, 2.05) is 0 Å². The van der Waals surface area contributed by atoms with Crippen LogP contribution in [0, 0.1) is 5.92 Å². The molecule has 0 aromatic heterocycles. The van der Waals surface area contributed by atoms with Gasteiger partial charge in [-0.3, -0.25) is 4.90 Å². The van der Waals surface area contributed by atoms with E-state index in [4.69, 9.17) is 4.74 Å². The molecule has 0 aromatic carbocycles. The minimum absolute atomic E-state index is 0.162. The second kappa shape index (κ2) is 5.10. The second-order valence-electron chi connectivity index (χ2n) is 5.00. The van der Waals surface area contributed by atoms with E-state index in [1.165, 1.54) is 6.54 Å². The molecule has 1 heterocycles. The standard InChI is InChI=1S/C11H24N2O/c1-10-7-12-5-6-13(8-10)11(2,3)9-14-4/h10,12H,5-9H2,1-4H3. The lowest BCUT2D eigenvalue weighted by Crippen LogP contribution is -2.49. The van der Waals surface area contributed by atoms with Gasteiger partial charge < -0.3 is 10.1 Å². The zero-order chi connectivity index (χ0) is 10.6. The smallest absolute Gasteiger partial charge is 0.0641 e. The molecule has 1 fully saturated rings.